The Labute approximate surface area is 190 Å². The van der Waals surface area contributed by atoms with Gasteiger partial charge in [0.25, 0.3) is 11.8 Å². The number of ether oxygens (including phenoxy) is 1. The molecule has 0 unspecified atom stereocenters. The standard InChI is InChI=1S/C24H25N3O4S/c1-15-16(2)32-24(21(15)22(25)29)27-23(30)18-10-8-17(9-11-18)14-26-20(28)12-13-31-19-6-4-3-5-7-19/h3-11H,12-14H2,1-2H3,(H2,25,29)(H,26,28)(H,27,30). The monoisotopic (exact) mass is 451 g/mol. The molecule has 0 radical (unpaired) electrons. The van der Waals surface area contributed by atoms with E-state index in [1.807, 2.05) is 37.3 Å². The Morgan fingerprint density at radius 3 is 2.34 bits per heavy atom. The highest BCUT2D eigenvalue weighted by molar-refractivity contribution is 7.16. The van der Waals surface area contributed by atoms with Gasteiger partial charge < -0.3 is 21.1 Å². The van der Waals surface area contributed by atoms with Gasteiger partial charge in [-0.25, -0.2) is 0 Å². The predicted octanol–water partition coefficient (Wildman–Crippen LogP) is 3.80. The van der Waals surface area contributed by atoms with Crippen molar-refractivity contribution >= 4 is 34.1 Å². The van der Waals surface area contributed by atoms with Crippen molar-refractivity contribution < 1.29 is 19.1 Å². The molecule has 0 aliphatic rings. The van der Waals surface area contributed by atoms with Crippen molar-refractivity contribution in [3.63, 3.8) is 0 Å². The number of benzene rings is 2. The molecule has 166 valence electrons. The highest BCUT2D eigenvalue weighted by Crippen LogP contribution is 2.32. The first-order valence-electron chi connectivity index (χ1n) is 10.1. The van der Waals surface area contributed by atoms with E-state index in [0.29, 0.717) is 29.3 Å². The zero-order chi connectivity index (χ0) is 23.1. The van der Waals surface area contributed by atoms with Gasteiger partial charge in [0, 0.05) is 17.0 Å². The quantitative estimate of drug-likeness (QED) is 0.459. The second-order valence-electron chi connectivity index (χ2n) is 7.19. The van der Waals surface area contributed by atoms with Crippen LogP contribution in [0, 0.1) is 13.8 Å². The minimum absolute atomic E-state index is 0.120. The summed E-state index contributed by atoms with van der Waals surface area (Å²) in [6, 6.07) is 16.2. The lowest BCUT2D eigenvalue weighted by Gasteiger charge is -2.08. The first-order valence-corrected chi connectivity index (χ1v) is 10.9. The largest absolute Gasteiger partial charge is 0.493 e. The molecule has 0 saturated heterocycles. The highest BCUT2D eigenvalue weighted by atomic mass is 32.1. The average molecular weight is 452 g/mol. The van der Waals surface area contributed by atoms with Gasteiger partial charge in [0.1, 0.15) is 10.8 Å². The van der Waals surface area contributed by atoms with Crippen molar-refractivity contribution in [3.8, 4) is 5.75 Å². The van der Waals surface area contributed by atoms with Crippen LogP contribution in [0.15, 0.2) is 54.6 Å². The van der Waals surface area contributed by atoms with Crippen LogP contribution in [0.2, 0.25) is 0 Å². The summed E-state index contributed by atoms with van der Waals surface area (Å²) in [4.78, 5) is 37.2. The van der Waals surface area contributed by atoms with Crippen molar-refractivity contribution in [1.82, 2.24) is 5.32 Å². The lowest BCUT2D eigenvalue weighted by Crippen LogP contribution is -2.24. The van der Waals surface area contributed by atoms with Gasteiger partial charge in [-0.15, -0.1) is 11.3 Å². The summed E-state index contributed by atoms with van der Waals surface area (Å²) in [5.74, 6) is -0.292. The van der Waals surface area contributed by atoms with Crippen LogP contribution in [0.1, 0.15) is 43.1 Å². The van der Waals surface area contributed by atoms with Crippen molar-refractivity contribution in [2.75, 3.05) is 11.9 Å². The molecule has 7 nitrogen and oxygen atoms in total. The fourth-order valence-corrected chi connectivity index (χ4v) is 4.09. The normalized spacial score (nSPS) is 10.4. The molecule has 0 atom stereocenters. The van der Waals surface area contributed by atoms with E-state index < -0.39 is 5.91 Å². The van der Waals surface area contributed by atoms with Crippen LogP contribution in [0.4, 0.5) is 5.00 Å². The lowest BCUT2D eigenvalue weighted by molar-refractivity contribution is -0.121. The summed E-state index contributed by atoms with van der Waals surface area (Å²) in [7, 11) is 0. The van der Waals surface area contributed by atoms with E-state index in [9.17, 15) is 14.4 Å². The molecule has 4 N–H and O–H groups in total. The zero-order valence-electron chi connectivity index (χ0n) is 17.9. The van der Waals surface area contributed by atoms with Crippen LogP contribution in [-0.2, 0) is 11.3 Å². The second kappa shape index (κ2) is 10.6. The molecule has 32 heavy (non-hydrogen) atoms. The number of hydrogen-bond donors (Lipinski definition) is 3. The van der Waals surface area contributed by atoms with Crippen LogP contribution < -0.4 is 21.1 Å². The average Bonchev–Trinajstić information content (AvgIpc) is 3.06. The number of para-hydroxylation sites is 1. The molecule has 1 aromatic heterocycles. The smallest absolute Gasteiger partial charge is 0.256 e. The molecule has 0 fully saturated rings. The molecule has 0 spiro atoms. The summed E-state index contributed by atoms with van der Waals surface area (Å²) in [6.07, 6.45) is 0.247. The molecule has 3 amide bonds. The van der Waals surface area contributed by atoms with Gasteiger partial charge in [-0.3, -0.25) is 14.4 Å². The SMILES string of the molecule is Cc1sc(NC(=O)c2ccc(CNC(=O)CCOc3ccccc3)cc2)c(C(N)=O)c1C. The maximum atomic E-state index is 12.6. The Morgan fingerprint density at radius 1 is 1.00 bits per heavy atom. The van der Waals surface area contributed by atoms with Crippen LogP contribution in [0.25, 0.3) is 0 Å². The topological polar surface area (TPSA) is 111 Å². The van der Waals surface area contributed by atoms with Gasteiger partial charge in [0.15, 0.2) is 0 Å². The first-order chi connectivity index (χ1) is 15.3. The molecule has 0 bridgehead atoms. The fourth-order valence-electron chi connectivity index (χ4n) is 3.03. The summed E-state index contributed by atoms with van der Waals surface area (Å²) in [6.45, 7) is 4.32. The number of rotatable bonds is 9. The van der Waals surface area contributed by atoms with Gasteiger partial charge in [-0.2, -0.15) is 0 Å². The Bertz CT molecular complexity index is 1110. The van der Waals surface area contributed by atoms with E-state index in [1.54, 1.807) is 31.2 Å². The van der Waals surface area contributed by atoms with Gasteiger partial charge in [-0.1, -0.05) is 30.3 Å². The molecular formula is C24H25N3O4S. The number of thiophene rings is 1. The van der Waals surface area contributed by atoms with Crippen LogP contribution in [0.3, 0.4) is 0 Å². The number of amides is 3. The van der Waals surface area contributed by atoms with E-state index in [1.165, 1.54) is 11.3 Å². The summed E-state index contributed by atoms with van der Waals surface area (Å²) < 4.78 is 5.52. The molecule has 0 aliphatic carbocycles. The molecule has 1 heterocycles. The number of nitrogens with one attached hydrogen (secondary N) is 2. The summed E-state index contributed by atoms with van der Waals surface area (Å²) in [5.41, 5.74) is 7.88. The molecule has 0 saturated carbocycles. The van der Waals surface area contributed by atoms with Gasteiger partial charge in [-0.05, 0) is 49.2 Å². The van der Waals surface area contributed by atoms with Crippen molar-refractivity contribution in [1.29, 1.82) is 0 Å². The van der Waals surface area contributed by atoms with Crippen LogP contribution in [0.5, 0.6) is 5.75 Å². The maximum Gasteiger partial charge on any atom is 0.256 e. The van der Waals surface area contributed by atoms with Gasteiger partial charge >= 0.3 is 0 Å². The van der Waals surface area contributed by atoms with E-state index >= 15 is 0 Å². The molecule has 8 heteroatoms. The van der Waals surface area contributed by atoms with E-state index in [-0.39, 0.29) is 18.2 Å². The number of carbonyl (C=O) groups is 3. The molecular weight excluding hydrogens is 426 g/mol. The van der Waals surface area contributed by atoms with Crippen LogP contribution in [-0.4, -0.2) is 24.3 Å². The Kier molecular flexibility index (Phi) is 7.62. The second-order valence-corrected chi connectivity index (χ2v) is 8.42. The van der Waals surface area contributed by atoms with Gasteiger partial charge in [0.05, 0.1) is 18.6 Å². The number of aryl methyl sites for hydroxylation is 1. The Balaban J connectivity index is 1.49. The summed E-state index contributed by atoms with van der Waals surface area (Å²) in [5, 5.41) is 6.06. The first kappa shape index (κ1) is 23.0. The number of carbonyl (C=O) groups excluding carboxylic acids is 3. The highest BCUT2D eigenvalue weighted by Gasteiger charge is 2.19. The van der Waals surface area contributed by atoms with E-state index in [2.05, 4.69) is 10.6 Å². The Hall–Kier alpha value is -3.65. The van der Waals surface area contributed by atoms with Gasteiger partial charge in [0.2, 0.25) is 5.91 Å². The van der Waals surface area contributed by atoms with E-state index in [0.717, 1.165) is 21.8 Å². The van der Waals surface area contributed by atoms with Crippen molar-refractivity contribution in [2.45, 2.75) is 26.8 Å². The third kappa shape index (κ3) is 5.95. The predicted molar refractivity (Wildman–Crippen MR) is 125 cm³/mol. The third-order valence-corrected chi connectivity index (χ3v) is 6.03. The number of anilines is 1. The molecule has 2 aromatic carbocycles. The molecule has 0 aliphatic heterocycles. The third-order valence-electron chi connectivity index (χ3n) is 4.91. The molecule has 3 rings (SSSR count). The summed E-state index contributed by atoms with van der Waals surface area (Å²) >= 11 is 1.32. The lowest BCUT2D eigenvalue weighted by atomic mass is 10.1. The number of hydrogen-bond acceptors (Lipinski definition) is 5. The van der Waals surface area contributed by atoms with E-state index in [4.69, 9.17) is 10.5 Å². The number of primary amides is 1. The minimum Gasteiger partial charge on any atom is -0.493 e. The fraction of sp³-hybridized carbons (Fsp3) is 0.208. The van der Waals surface area contributed by atoms with Crippen molar-refractivity contribution in [2.24, 2.45) is 5.73 Å². The molecule has 3 aromatic rings. The number of nitrogens with two attached hydrogens (primary N) is 1. The maximum absolute atomic E-state index is 12.6. The Morgan fingerprint density at radius 2 is 1.69 bits per heavy atom. The zero-order valence-corrected chi connectivity index (χ0v) is 18.8. The van der Waals surface area contributed by atoms with Crippen LogP contribution >= 0.6 is 11.3 Å². The minimum atomic E-state index is -0.567. The van der Waals surface area contributed by atoms with Crippen molar-refractivity contribution in [3.05, 3.63) is 81.7 Å².